The SMILES string of the molecule is Cc1cc(C)c(OC(C)C(=O)CCl)cc1C. The largest absolute Gasteiger partial charge is 0.483 e. The molecule has 0 saturated heterocycles. The number of carbonyl (C=O) groups excluding carboxylic acids is 1. The first-order chi connectivity index (χ1) is 7.45. The van der Waals surface area contributed by atoms with Gasteiger partial charge in [0, 0.05) is 0 Å². The van der Waals surface area contributed by atoms with E-state index >= 15 is 0 Å². The summed E-state index contributed by atoms with van der Waals surface area (Å²) < 4.78 is 5.60. The van der Waals surface area contributed by atoms with E-state index in [1.807, 2.05) is 19.9 Å². The van der Waals surface area contributed by atoms with Gasteiger partial charge < -0.3 is 4.74 Å². The summed E-state index contributed by atoms with van der Waals surface area (Å²) in [7, 11) is 0. The summed E-state index contributed by atoms with van der Waals surface area (Å²) in [4.78, 5) is 11.3. The van der Waals surface area contributed by atoms with Crippen molar-refractivity contribution < 1.29 is 9.53 Å². The number of aryl methyl sites for hydroxylation is 3. The Morgan fingerprint density at radius 2 is 1.81 bits per heavy atom. The lowest BCUT2D eigenvalue weighted by Gasteiger charge is -2.16. The predicted molar refractivity (Wildman–Crippen MR) is 66.5 cm³/mol. The van der Waals surface area contributed by atoms with Crippen LogP contribution in [0, 0.1) is 20.8 Å². The third-order valence-electron chi connectivity index (χ3n) is 2.68. The van der Waals surface area contributed by atoms with Crippen LogP contribution in [0.15, 0.2) is 12.1 Å². The van der Waals surface area contributed by atoms with Crippen molar-refractivity contribution in [3.05, 3.63) is 28.8 Å². The third-order valence-corrected chi connectivity index (χ3v) is 2.94. The van der Waals surface area contributed by atoms with Crippen molar-refractivity contribution in [1.82, 2.24) is 0 Å². The minimum atomic E-state index is -0.488. The first kappa shape index (κ1) is 13.0. The van der Waals surface area contributed by atoms with E-state index in [1.54, 1.807) is 6.92 Å². The second-order valence-corrected chi connectivity index (χ2v) is 4.33. The second-order valence-electron chi connectivity index (χ2n) is 4.06. The highest BCUT2D eigenvalue weighted by molar-refractivity contribution is 6.28. The van der Waals surface area contributed by atoms with Crippen molar-refractivity contribution >= 4 is 17.4 Å². The molecule has 0 aliphatic rings. The number of ether oxygens (including phenoxy) is 1. The van der Waals surface area contributed by atoms with Crippen LogP contribution in [0.3, 0.4) is 0 Å². The zero-order valence-electron chi connectivity index (χ0n) is 10.1. The number of halogens is 1. The molecule has 1 unspecified atom stereocenters. The van der Waals surface area contributed by atoms with E-state index in [0.717, 1.165) is 16.9 Å². The van der Waals surface area contributed by atoms with Gasteiger partial charge in [0.05, 0.1) is 5.88 Å². The second kappa shape index (κ2) is 5.35. The van der Waals surface area contributed by atoms with Crippen LogP contribution in [-0.4, -0.2) is 17.8 Å². The number of alkyl halides is 1. The predicted octanol–water partition coefficient (Wildman–Crippen LogP) is 3.19. The third kappa shape index (κ3) is 2.99. The quantitative estimate of drug-likeness (QED) is 0.756. The van der Waals surface area contributed by atoms with Crippen LogP contribution >= 0.6 is 11.6 Å². The molecule has 0 bridgehead atoms. The molecule has 0 fully saturated rings. The Hall–Kier alpha value is -1.02. The van der Waals surface area contributed by atoms with Gasteiger partial charge in [0.2, 0.25) is 0 Å². The number of hydrogen-bond donors (Lipinski definition) is 0. The lowest BCUT2D eigenvalue weighted by Crippen LogP contribution is -2.25. The van der Waals surface area contributed by atoms with E-state index in [4.69, 9.17) is 16.3 Å². The van der Waals surface area contributed by atoms with Gasteiger partial charge in [-0.3, -0.25) is 4.79 Å². The van der Waals surface area contributed by atoms with Crippen molar-refractivity contribution in [3.8, 4) is 5.75 Å². The van der Waals surface area contributed by atoms with Gasteiger partial charge >= 0.3 is 0 Å². The van der Waals surface area contributed by atoms with Gasteiger partial charge in [0.25, 0.3) is 0 Å². The normalized spacial score (nSPS) is 12.3. The Kier molecular flexibility index (Phi) is 4.36. The Morgan fingerprint density at radius 3 is 2.38 bits per heavy atom. The average Bonchev–Trinajstić information content (AvgIpc) is 2.24. The van der Waals surface area contributed by atoms with Gasteiger partial charge in [0.1, 0.15) is 5.75 Å². The maximum Gasteiger partial charge on any atom is 0.187 e. The summed E-state index contributed by atoms with van der Waals surface area (Å²) in [6.45, 7) is 7.77. The summed E-state index contributed by atoms with van der Waals surface area (Å²) in [5.41, 5.74) is 3.42. The average molecular weight is 241 g/mol. The monoisotopic (exact) mass is 240 g/mol. The van der Waals surface area contributed by atoms with E-state index in [1.165, 1.54) is 5.56 Å². The van der Waals surface area contributed by atoms with Crippen LogP contribution in [0.25, 0.3) is 0 Å². The van der Waals surface area contributed by atoms with Crippen LogP contribution in [0.1, 0.15) is 23.6 Å². The summed E-state index contributed by atoms with van der Waals surface area (Å²) >= 11 is 5.48. The molecule has 88 valence electrons. The molecule has 1 atom stereocenters. The molecule has 0 aliphatic heterocycles. The Balaban J connectivity index is 2.89. The standard InChI is InChI=1S/C13H17ClO2/c1-8-5-10(3)13(6-9(8)2)16-11(4)12(15)7-14/h5-6,11H,7H2,1-4H3. The zero-order chi connectivity index (χ0) is 12.3. The maximum absolute atomic E-state index is 11.3. The number of rotatable bonds is 4. The lowest BCUT2D eigenvalue weighted by molar-refractivity contribution is -0.122. The van der Waals surface area contributed by atoms with Gasteiger partial charge in [-0.2, -0.15) is 0 Å². The summed E-state index contributed by atoms with van der Waals surface area (Å²) in [5, 5.41) is 0. The molecule has 0 radical (unpaired) electrons. The van der Waals surface area contributed by atoms with E-state index in [-0.39, 0.29) is 11.7 Å². The van der Waals surface area contributed by atoms with Crippen molar-refractivity contribution in [3.63, 3.8) is 0 Å². The summed E-state index contributed by atoms with van der Waals surface area (Å²) in [5.74, 6) is 0.652. The molecule has 0 saturated carbocycles. The molecule has 0 aromatic heterocycles. The molecule has 3 heteroatoms. The fraction of sp³-hybridized carbons (Fsp3) is 0.462. The highest BCUT2D eigenvalue weighted by Crippen LogP contribution is 2.23. The van der Waals surface area contributed by atoms with Crippen LogP contribution in [0.5, 0.6) is 5.75 Å². The first-order valence-corrected chi connectivity index (χ1v) is 5.82. The van der Waals surface area contributed by atoms with Crippen molar-refractivity contribution in [1.29, 1.82) is 0 Å². The Morgan fingerprint density at radius 1 is 1.25 bits per heavy atom. The molecule has 1 rings (SSSR count). The number of carbonyl (C=O) groups is 1. The molecule has 0 aliphatic carbocycles. The lowest BCUT2D eigenvalue weighted by atomic mass is 10.1. The Bertz CT molecular complexity index is 399. The molecule has 16 heavy (non-hydrogen) atoms. The minimum absolute atomic E-state index is 0.00887. The smallest absolute Gasteiger partial charge is 0.187 e. The maximum atomic E-state index is 11.3. The molecule has 2 nitrogen and oxygen atoms in total. The molecular formula is C13H17ClO2. The minimum Gasteiger partial charge on any atom is -0.483 e. The number of hydrogen-bond acceptors (Lipinski definition) is 2. The van der Waals surface area contributed by atoms with E-state index < -0.39 is 6.10 Å². The van der Waals surface area contributed by atoms with E-state index in [2.05, 4.69) is 13.0 Å². The number of ketones is 1. The number of benzene rings is 1. The highest BCUT2D eigenvalue weighted by atomic mass is 35.5. The number of Topliss-reactive ketones (excluding diaryl/α,β-unsaturated/α-hetero) is 1. The molecule has 0 N–H and O–H groups in total. The fourth-order valence-corrected chi connectivity index (χ4v) is 1.64. The first-order valence-electron chi connectivity index (χ1n) is 5.29. The molecule has 1 aromatic rings. The van der Waals surface area contributed by atoms with Crippen LogP contribution < -0.4 is 4.74 Å². The topological polar surface area (TPSA) is 26.3 Å². The van der Waals surface area contributed by atoms with Crippen molar-refractivity contribution in [2.24, 2.45) is 0 Å². The van der Waals surface area contributed by atoms with Crippen LogP contribution in [0.4, 0.5) is 0 Å². The summed E-state index contributed by atoms with van der Waals surface area (Å²) in [6, 6.07) is 4.02. The van der Waals surface area contributed by atoms with E-state index in [0.29, 0.717) is 0 Å². The van der Waals surface area contributed by atoms with Crippen molar-refractivity contribution in [2.45, 2.75) is 33.8 Å². The molecule has 0 heterocycles. The highest BCUT2D eigenvalue weighted by Gasteiger charge is 2.14. The van der Waals surface area contributed by atoms with Gasteiger partial charge in [-0.1, -0.05) is 6.07 Å². The van der Waals surface area contributed by atoms with Gasteiger partial charge in [0.15, 0.2) is 11.9 Å². The van der Waals surface area contributed by atoms with Crippen LogP contribution in [-0.2, 0) is 4.79 Å². The molecular weight excluding hydrogens is 224 g/mol. The van der Waals surface area contributed by atoms with Gasteiger partial charge in [-0.25, -0.2) is 0 Å². The molecule has 0 spiro atoms. The van der Waals surface area contributed by atoms with E-state index in [9.17, 15) is 4.79 Å². The Labute approximate surface area is 102 Å². The molecule has 0 amide bonds. The molecule has 1 aromatic carbocycles. The fourth-order valence-electron chi connectivity index (χ4n) is 1.43. The van der Waals surface area contributed by atoms with Crippen molar-refractivity contribution in [2.75, 3.05) is 5.88 Å². The van der Waals surface area contributed by atoms with Gasteiger partial charge in [-0.15, -0.1) is 11.6 Å². The van der Waals surface area contributed by atoms with Crippen LogP contribution in [0.2, 0.25) is 0 Å². The van der Waals surface area contributed by atoms with Gasteiger partial charge in [-0.05, 0) is 50.5 Å². The zero-order valence-corrected chi connectivity index (χ0v) is 10.9. The summed E-state index contributed by atoms with van der Waals surface area (Å²) in [6.07, 6.45) is -0.488.